The van der Waals surface area contributed by atoms with Gasteiger partial charge in [0.05, 0.1) is 11.2 Å². The summed E-state index contributed by atoms with van der Waals surface area (Å²) in [5.41, 5.74) is 6.54. The Kier molecular flexibility index (Phi) is 4.54. The molecule has 0 saturated heterocycles. The van der Waals surface area contributed by atoms with Crippen LogP contribution in [-0.4, -0.2) is 12.0 Å². The molecule has 1 heterocycles. The molecule has 0 amide bonds. The Labute approximate surface area is 162 Å². The van der Waals surface area contributed by atoms with Gasteiger partial charge in [0, 0.05) is 28.7 Å². The molecule has 4 rings (SSSR count). The minimum atomic E-state index is -0.271. The highest BCUT2D eigenvalue weighted by Crippen LogP contribution is 2.33. The van der Waals surface area contributed by atoms with Crippen molar-refractivity contribution in [2.75, 3.05) is 12.4 Å². The highest BCUT2D eigenvalue weighted by Gasteiger charge is 2.10. The standard InChI is InChI=1S/C23H18ClFN2/c1-14-8-17(10-18(24)9-14)15-6-7-21-20(12-15)23(26-2)13-22(27-21)16-4-3-5-19(25)11-16/h3-13H,1-2H3,(H,26,27). The lowest BCUT2D eigenvalue weighted by Crippen LogP contribution is -1.95. The van der Waals surface area contributed by atoms with E-state index in [0.717, 1.165) is 49.6 Å². The average molecular weight is 377 g/mol. The van der Waals surface area contributed by atoms with Gasteiger partial charge in [-0.3, -0.25) is 0 Å². The molecule has 0 aliphatic rings. The van der Waals surface area contributed by atoms with Crippen molar-refractivity contribution < 1.29 is 4.39 Å². The van der Waals surface area contributed by atoms with Gasteiger partial charge in [0.1, 0.15) is 5.82 Å². The Morgan fingerprint density at radius 2 is 1.74 bits per heavy atom. The van der Waals surface area contributed by atoms with E-state index in [4.69, 9.17) is 16.6 Å². The molecule has 1 aromatic heterocycles. The summed E-state index contributed by atoms with van der Waals surface area (Å²) in [6.07, 6.45) is 0. The van der Waals surface area contributed by atoms with Gasteiger partial charge < -0.3 is 5.32 Å². The molecule has 0 atom stereocenters. The molecule has 3 aromatic carbocycles. The third kappa shape index (κ3) is 3.51. The summed E-state index contributed by atoms with van der Waals surface area (Å²) in [4.78, 5) is 4.73. The van der Waals surface area contributed by atoms with Crippen LogP contribution in [0, 0.1) is 12.7 Å². The Bertz CT molecular complexity index is 1130. The van der Waals surface area contributed by atoms with Gasteiger partial charge in [0.25, 0.3) is 0 Å². The van der Waals surface area contributed by atoms with Crippen molar-refractivity contribution in [1.82, 2.24) is 4.98 Å². The SMILES string of the molecule is CNc1cc(-c2cccc(F)c2)nc2ccc(-c3cc(C)cc(Cl)c3)cc12. The van der Waals surface area contributed by atoms with Crippen LogP contribution in [0.15, 0.2) is 66.7 Å². The third-order valence-electron chi connectivity index (χ3n) is 4.57. The Morgan fingerprint density at radius 1 is 0.889 bits per heavy atom. The first-order chi connectivity index (χ1) is 13.0. The van der Waals surface area contributed by atoms with E-state index in [1.165, 1.54) is 12.1 Å². The maximum atomic E-state index is 13.6. The fourth-order valence-corrected chi connectivity index (χ4v) is 3.60. The number of hydrogen-bond donors (Lipinski definition) is 1. The second-order valence-electron chi connectivity index (χ2n) is 6.56. The smallest absolute Gasteiger partial charge is 0.123 e. The van der Waals surface area contributed by atoms with Gasteiger partial charge in [0.2, 0.25) is 0 Å². The molecule has 0 saturated carbocycles. The molecule has 1 N–H and O–H groups in total. The molecule has 0 aliphatic heterocycles. The molecule has 4 aromatic rings. The van der Waals surface area contributed by atoms with Crippen molar-refractivity contribution in [3.05, 3.63) is 83.1 Å². The molecule has 0 radical (unpaired) electrons. The van der Waals surface area contributed by atoms with E-state index < -0.39 is 0 Å². The maximum Gasteiger partial charge on any atom is 0.123 e. The van der Waals surface area contributed by atoms with Crippen LogP contribution in [-0.2, 0) is 0 Å². The second kappa shape index (κ2) is 7.01. The zero-order valence-corrected chi connectivity index (χ0v) is 15.8. The monoisotopic (exact) mass is 376 g/mol. The summed E-state index contributed by atoms with van der Waals surface area (Å²) in [6.45, 7) is 2.03. The van der Waals surface area contributed by atoms with E-state index in [0.29, 0.717) is 0 Å². The summed E-state index contributed by atoms with van der Waals surface area (Å²) in [5.74, 6) is -0.271. The summed E-state index contributed by atoms with van der Waals surface area (Å²) in [5, 5.41) is 4.96. The number of hydrogen-bond acceptors (Lipinski definition) is 2. The van der Waals surface area contributed by atoms with Crippen LogP contribution in [0.3, 0.4) is 0 Å². The minimum Gasteiger partial charge on any atom is -0.388 e. The average Bonchev–Trinajstić information content (AvgIpc) is 2.66. The van der Waals surface area contributed by atoms with E-state index in [1.807, 2.05) is 50.4 Å². The highest BCUT2D eigenvalue weighted by molar-refractivity contribution is 6.31. The number of anilines is 1. The van der Waals surface area contributed by atoms with Crippen molar-refractivity contribution in [3.8, 4) is 22.4 Å². The summed E-state index contributed by atoms with van der Waals surface area (Å²) < 4.78 is 13.6. The van der Waals surface area contributed by atoms with Crippen LogP contribution in [0.5, 0.6) is 0 Å². The molecule has 4 heteroatoms. The van der Waals surface area contributed by atoms with Crippen LogP contribution in [0.25, 0.3) is 33.3 Å². The van der Waals surface area contributed by atoms with Gasteiger partial charge in [0.15, 0.2) is 0 Å². The fourth-order valence-electron chi connectivity index (χ4n) is 3.31. The van der Waals surface area contributed by atoms with E-state index in [9.17, 15) is 4.39 Å². The van der Waals surface area contributed by atoms with Gasteiger partial charge >= 0.3 is 0 Å². The topological polar surface area (TPSA) is 24.9 Å². The predicted molar refractivity (Wildman–Crippen MR) is 112 cm³/mol. The number of nitrogens with one attached hydrogen (secondary N) is 1. The second-order valence-corrected chi connectivity index (χ2v) is 7.00. The van der Waals surface area contributed by atoms with E-state index >= 15 is 0 Å². The lowest BCUT2D eigenvalue weighted by atomic mass is 10.00. The number of rotatable bonds is 3. The number of aryl methyl sites for hydroxylation is 1. The number of aromatic nitrogens is 1. The van der Waals surface area contributed by atoms with Crippen LogP contribution in [0.1, 0.15) is 5.56 Å². The van der Waals surface area contributed by atoms with Gasteiger partial charge in [-0.1, -0.05) is 35.9 Å². The fraction of sp³-hybridized carbons (Fsp3) is 0.0870. The zero-order chi connectivity index (χ0) is 19.0. The summed E-state index contributed by atoms with van der Waals surface area (Å²) >= 11 is 6.22. The Balaban J connectivity index is 1.88. The maximum absolute atomic E-state index is 13.6. The Hall–Kier alpha value is -2.91. The molecule has 2 nitrogen and oxygen atoms in total. The number of halogens is 2. The number of nitrogens with zero attached hydrogens (tertiary/aromatic N) is 1. The minimum absolute atomic E-state index is 0.271. The first kappa shape index (κ1) is 17.5. The van der Waals surface area contributed by atoms with Gasteiger partial charge in [-0.15, -0.1) is 0 Å². The van der Waals surface area contributed by atoms with Crippen LogP contribution < -0.4 is 5.32 Å². The summed E-state index contributed by atoms with van der Waals surface area (Å²) in [7, 11) is 1.88. The van der Waals surface area contributed by atoms with Crippen LogP contribution in [0.4, 0.5) is 10.1 Å². The van der Waals surface area contributed by atoms with Gasteiger partial charge in [-0.2, -0.15) is 0 Å². The van der Waals surface area contributed by atoms with Crippen molar-refractivity contribution in [3.63, 3.8) is 0 Å². The molecule has 27 heavy (non-hydrogen) atoms. The number of fused-ring (bicyclic) bond motifs is 1. The molecule has 0 unspecified atom stereocenters. The first-order valence-corrected chi connectivity index (χ1v) is 9.07. The van der Waals surface area contributed by atoms with Gasteiger partial charge in [-0.05, 0) is 66.1 Å². The lowest BCUT2D eigenvalue weighted by molar-refractivity contribution is 0.628. The van der Waals surface area contributed by atoms with Crippen LogP contribution in [0.2, 0.25) is 5.02 Å². The molecular weight excluding hydrogens is 359 g/mol. The first-order valence-electron chi connectivity index (χ1n) is 8.69. The quantitative estimate of drug-likeness (QED) is 0.429. The van der Waals surface area contributed by atoms with Crippen molar-refractivity contribution in [2.24, 2.45) is 0 Å². The highest BCUT2D eigenvalue weighted by atomic mass is 35.5. The number of pyridine rings is 1. The third-order valence-corrected chi connectivity index (χ3v) is 4.79. The predicted octanol–water partition coefficient (Wildman–Crippen LogP) is 6.71. The van der Waals surface area contributed by atoms with Crippen molar-refractivity contribution in [1.29, 1.82) is 0 Å². The van der Waals surface area contributed by atoms with Crippen molar-refractivity contribution >= 4 is 28.2 Å². The number of benzene rings is 3. The normalized spacial score (nSPS) is 11.0. The largest absolute Gasteiger partial charge is 0.388 e. The zero-order valence-electron chi connectivity index (χ0n) is 15.1. The van der Waals surface area contributed by atoms with Crippen molar-refractivity contribution in [2.45, 2.75) is 6.92 Å². The Morgan fingerprint density at radius 3 is 2.48 bits per heavy atom. The molecule has 0 fully saturated rings. The lowest BCUT2D eigenvalue weighted by Gasteiger charge is -2.12. The van der Waals surface area contributed by atoms with Crippen LogP contribution >= 0.6 is 11.6 Å². The molecule has 0 aliphatic carbocycles. The van der Waals surface area contributed by atoms with E-state index in [-0.39, 0.29) is 5.82 Å². The van der Waals surface area contributed by atoms with E-state index in [2.05, 4.69) is 17.4 Å². The molecule has 0 bridgehead atoms. The molecular formula is C23H18ClFN2. The van der Waals surface area contributed by atoms with Gasteiger partial charge in [-0.25, -0.2) is 9.37 Å². The molecule has 134 valence electrons. The summed E-state index contributed by atoms with van der Waals surface area (Å²) in [6, 6.07) is 20.6. The van der Waals surface area contributed by atoms with E-state index in [1.54, 1.807) is 6.07 Å². The molecule has 0 spiro atoms.